The molecule has 3 rings (SSSR count). The van der Waals surface area contributed by atoms with Gasteiger partial charge in [-0.1, -0.05) is 18.2 Å². The van der Waals surface area contributed by atoms with Gasteiger partial charge in [-0.05, 0) is 31.9 Å². The molecule has 2 amide bonds. The average molecular weight is 341 g/mol. The number of oxazole rings is 1. The summed E-state index contributed by atoms with van der Waals surface area (Å²) < 4.78 is 5.72. The molecule has 25 heavy (non-hydrogen) atoms. The molecule has 1 unspecified atom stereocenters. The highest BCUT2D eigenvalue weighted by Crippen LogP contribution is 2.24. The van der Waals surface area contributed by atoms with Crippen molar-refractivity contribution in [3.63, 3.8) is 0 Å². The molecule has 1 atom stereocenters. The van der Waals surface area contributed by atoms with Gasteiger partial charge in [0.2, 0.25) is 17.7 Å². The number of amides is 2. The van der Waals surface area contributed by atoms with Crippen molar-refractivity contribution < 1.29 is 14.0 Å². The second-order valence-electron chi connectivity index (χ2n) is 6.54. The van der Waals surface area contributed by atoms with Crippen LogP contribution < -0.4 is 0 Å². The normalized spacial score (nSPS) is 16.9. The molecule has 6 heteroatoms. The van der Waals surface area contributed by atoms with Crippen LogP contribution in [0.5, 0.6) is 0 Å². The lowest BCUT2D eigenvalue weighted by molar-refractivity contribution is -0.141. The first-order chi connectivity index (χ1) is 12.0. The predicted molar refractivity (Wildman–Crippen MR) is 93.8 cm³/mol. The second-order valence-corrected chi connectivity index (χ2v) is 6.54. The topological polar surface area (TPSA) is 66.7 Å². The summed E-state index contributed by atoms with van der Waals surface area (Å²) in [6, 6.07) is 9.25. The molecule has 1 saturated heterocycles. The number of carbonyl (C=O) groups excluding carboxylic acids is 2. The van der Waals surface area contributed by atoms with E-state index in [1.165, 1.54) is 0 Å². The van der Waals surface area contributed by atoms with Gasteiger partial charge in [-0.2, -0.15) is 0 Å². The molecule has 0 aliphatic carbocycles. The fraction of sp³-hybridized carbons (Fsp3) is 0.421. The van der Waals surface area contributed by atoms with Gasteiger partial charge in [0.1, 0.15) is 11.8 Å². The molecule has 2 aromatic rings. The summed E-state index contributed by atoms with van der Waals surface area (Å²) in [5.74, 6) is 1.06. The average Bonchev–Trinajstić information content (AvgIpc) is 3.22. The number of rotatable bonds is 4. The van der Waals surface area contributed by atoms with E-state index in [9.17, 15) is 9.59 Å². The molecule has 0 spiro atoms. The third kappa shape index (κ3) is 3.57. The zero-order chi connectivity index (χ0) is 18.0. The Morgan fingerprint density at radius 3 is 2.68 bits per heavy atom. The van der Waals surface area contributed by atoms with E-state index < -0.39 is 0 Å². The van der Waals surface area contributed by atoms with Crippen LogP contribution in [0.3, 0.4) is 0 Å². The van der Waals surface area contributed by atoms with Gasteiger partial charge < -0.3 is 14.2 Å². The number of benzene rings is 1. The molecular formula is C19H23N3O3. The van der Waals surface area contributed by atoms with Gasteiger partial charge in [0.25, 0.3) is 0 Å². The smallest absolute Gasteiger partial charge is 0.244 e. The van der Waals surface area contributed by atoms with Crippen molar-refractivity contribution in [3.8, 4) is 11.5 Å². The first kappa shape index (κ1) is 17.2. The standard InChI is InChI=1S/C19H23N3O3/c1-13-15(20-18(25-13)14-8-5-4-6-9-14)12-17(23)22-11-7-10-16(22)19(24)21(2)3/h4-6,8-9,16H,7,10-12H2,1-3H3. The van der Waals surface area contributed by atoms with Gasteiger partial charge >= 0.3 is 0 Å². The maximum absolute atomic E-state index is 12.7. The van der Waals surface area contributed by atoms with Gasteiger partial charge in [-0.15, -0.1) is 0 Å². The number of aromatic nitrogens is 1. The number of likely N-dealkylation sites (N-methyl/N-ethyl adjacent to an activating group) is 1. The lowest BCUT2D eigenvalue weighted by Gasteiger charge is -2.26. The molecular weight excluding hydrogens is 318 g/mol. The van der Waals surface area contributed by atoms with Crippen LogP contribution in [0.25, 0.3) is 11.5 Å². The lowest BCUT2D eigenvalue weighted by Crippen LogP contribution is -2.46. The van der Waals surface area contributed by atoms with Gasteiger partial charge in [0, 0.05) is 26.2 Å². The Hall–Kier alpha value is -2.63. The summed E-state index contributed by atoms with van der Waals surface area (Å²) in [5, 5.41) is 0. The van der Waals surface area contributed by atoms with Crippen LogP contribution in [-0.2, 0) is 16.0 Å². The molecule has 0 saturated carbocycles. The summed E-state index contributed by atoms with van der Waals surface area (Å²) >= 11 is 0. The molecule has 1 fully saturated rings. The maximum atomic E-state index is 12.7. The second kappa shape index (κ2) is 7.09. The highest BCUT2D eigenvalue weighted by atomic mass is 16.4. The van der Waals surface area contributed by atoms with E-state index in [2.05, 4.69) is 4.98 Å². The fourth-order valence-electron chi connectivity index (χ4n) is 3.16. The molecule has 0 bridgehead atoms. The zero-order valence-corrected chi connectivity index (χ0v) is 14.9. The Labute approximate surface area is 147 Å². The molecule has 1 aromatic carbocycles. The Morgan fingerprint density at radius 2 is 2.00 bits per heavy atom. The van der Waals surface area contributed by atoms with E-state index >= 15 is 0 Å². The summed E-state index contributed by atoms with van der Waals surface area (Å²) in [7, 11) is 3.44. The number of aryl methyl sites for hydroxylation is 1. The number of nitrogens with zero attached hydrogens (tertiary/aromatic N) is 3. The Balaban J connectivity index is 1.75. The Morgan fingerprint density at radius 1 is 1.28 bits per heavy atom. The molecule has 6 nitrogen and oxygen atoms in total. The minimum Gasteiger partial charge on any atom is -0.441 e. The van der Waals surface area contributed by atoms with Crippen LogP contribution in [0.4, 0.5) is 0 Å². The first-order valence-electron chi connectivity index (χ1n) is 8.49. The van der Waals surface area contributed by atoms with Crippen molar-refractivity contribution in [1.82, 2.24) is 14.8 Å². The first-order valence-corrected chi connectivity index (χ1v) is 8.49. The van der Waals surface area contributed by atoms with Gasteiger partial charge in [0.15, 0.2) is 0 Å². The van der Waals surface area contributed by atoms with E-state index in [-0.39, 0.29) is 24.3 Å². The van der Waals surface area contributed by atoms with E-state index in [1.54, 1.807) is 23.9 Å². The maximum Gasteiger partial charge on any atom is 0.244 e. The van der Waals surface area contributed by atoms with Crippen LogP contribution >= 0.6 is 0 Å². The third-order valence-electron chi connectivity index (χ3n) is 4.53. The largest absolute Gasteiger partial charge is 0.441 e. The predicted octanol–water partition coefficient (Wildman–Crippen LogP) is 2.27. The van der Waals surface area contributed by atoms with E-state index in [4.69, 9.17) is 4.42 Å². The fourth-order valence-corrected chi connectivity index (χ4v) is 3.16. The van der Waals surface area contributed by atoms with Gasteiger partial charge in [0.05, 0.1) is 12.1 Å². The van der Waals surface area contributed by atoms with Gasteiger partial charge in [-0.25, -0.2) is 4.98 Å². The van der Waals surface area contributed by atoms with Crippen LogP contribution in [0.1, 0.15) is 24.3 Å². The molecule has 1 aliphatic rings. The van der Waals surface area contributed by atoms with Crippen LogP contribution in [-0.4, -0.2) is 53.3 Å². The van der Waals surface area contributed by atoms with Crippen molar-refractivity contribution in [1.29, 1.82) is 0 Å². The molecule has 132 valence electrons. The van der Waals surface area contributed by atoms with E-state index in [0.717, 1.165) is 18.4 Å². The summed E-state index contributed by atoms with van der Waals surface area (Å²) in [5.41, 5.74) is 1.51. The lowest BCUT2D eigenvalue weighted by atomic mass is 10.2. The van der Waals surface area contributed by atoms with Crippen molar-refractivity contribution >= 4 is 11.8 Å². The number of hydrogen-bond donors (Lipinski definition) is 0. The van der Waals surface area contributed by atoms with Crippen molar-refractivity contribution in [3.05, 3.63) is 41.8 Å². The number of carbonyl (C=O) groups is 2. The number of likely N-dealkylation sites (tertiary alicyclic amines) is 1. The summed E-state index contributed by atoms with van der Waals surface area (Å²) in [4.78, 5) is 32.7. The Kier molecular flexibility index (Phi) is 4.88. The van der Waals surface area contributed by atoms with Gasteiger partial charge in [-0.3, -0.25) is 9.59 Å². The highest BCUT2D eigenvalue weighted by molar-refractivity contribution is 5.88. The zero-order valence-electron chi connectivity index (χ0n) is 14.9. The number of hydrogen-bond acceptors (Lipinski definition) is 4. The molecule has 0 N–H and O–H groups in total. The molecule has 1 aliphatic heterocycles. The third-order valence-corrected chi connectivity index (χ3v) is 4.53. The Bertz CT molecular complexity index is 767. The summed E-state index contributed by atoms with van der Waals surface area (Å²) in [6.07, 6.45) is 1.72. The molecule has 1 aromatic heterocycles. The monoisotopic (exact) mass is 341 g/mol. The van der Waals surface area contributed by atoms with E-state index in [0.29, 0.717) is 23.9 Å². The van der Waals surface area contributed by atoms with Crippen molar-refractivity contribution in [2.45, 2.75) is 32.2 Å². The van der Waals surface area contributed by atoms with Crippen LogP contribution in [0.2, 0.25) is 0 Å². The van der Waals surface area contributed by atoms with Crippen molar-refractivity contribution in [2.24, 2.45) is 0 Å². The van der Waals surface area contributed by atoms with E-state index in [1.807, 2.05) is 37.3 Å². The van der Waals surface area contributed by atoms with Crippen LogP contribution in [0.15, 0.2) is 34.7 Å². The van der Waals surface area contributed by atoms with Crippen LogP contribution in [0, 0.1) is 6.92 Å². The van der Waals surface area contributed by atoms with Crippen molar-refractivity contribution in [2.75, 3.05) is 20.6 Å². The molecule has 0 radical (unpaired) electrons. The minimum atomic E-state index is -0.358. The molecule has 2 heterocycles. The minimum absolute atomic E-state index is 0.0206. The summed E-state index contributed by atoms with van der Waals surface area (Å²) in [6.45, 7) is 2.43. The SMILES string of the molecule is Cc1oc(-c2ccccc2)nc1CC(=O)N1CCCC1C(=O)N(C)C. The highest BCUT2D eigenvalue weighted by Gasteiger charge is 2.35. The quantitative estimate of drug-likeness (QED) is 0.856.